The third-order valence-electron chi connectivity index (χ3n) is 2.59. The lowest BCUT2D eigenvalue weighted by Gasteiger charge is -2.10. The molecule has 0 saturated carbocycles. The van der Waals surface area contributed by atoms with Gasteiger partial charge in [0, 0.05) is 17.4 Å². The summed E-state index contributed by atoms with van der Waals surface area (Å²) in [6.07, 6.45) is 1.95. The van der Waals surface area contributed by atoms with Crippen LogP contribution in [0.15, 0.2) is 24.3 Å². The van der Waals surface area contributed by atoms with Gasteiger partial charge in [0.2, 0.25) is 10.0 Å². The van der Waals surface area contributed by atoms with E-state index in [1.165, 1.54) is 0 Å². The highest BCUT2D eigenvalue weighted by Crippen LogP contribution is 2.09. The van der Waals surface area contributed by atoms with Gasteiger partial charge in [-0.25, -0.2) is 13.1 Å². The Balaban J connectivity index is 2.65. The van der Waals surface area contributed by atoms with Gasteiger partial charge in [-0.2, -0.15) is 11.8 Å². The van der Waals surface area contributed by atoms with Crippen molar-refractivity contribution in [3.63, 3.8) is 0 Å². The average molecular weight is 318 g/mol. The minimum Gasteiger partial charge on any atom is -0.389 e. The lowest BCUT2D eigenvalue weighted by Crippen LogP contribution is -2.30. The van der Waals surface area contributed by atoms with E-state index in [0.29, 0.717) is 17.1 Å². The van der Waals surface area contributed by atoms with Crippen molar-refractivity contribution >= 4 is 39.0 Å². The Hall–Kier alpha value is -0.630. The number of hydrogen-bond acceptors (Lipinski definition) is 4. The van der Waals surface area contributed by atoms with Gasteiger partial charge in [-0.05, 0) is 11.8 Å². The molecular weight excluding hydrogens is 300 g/mol. The molecule has 1 aromatic carbocycles. The fourth-order valence-corrected chi connectivity index (χ4v) is 3.09. The van der Waals surface area contributed by atoms with Gasteiger partial charge in [0.15, 0.2) is 0 Å². The zero-order valence-corrected chi connectivity index (χ0v) is 13.4. The van der Waals surface area contributed by atoms with Crippen molar-refractivity contribution in [2.75, 3.05) is 12.8 Å². The zero-order valence-electron chi connectivity index (χ0n) is 10.9. The van der Waals surface area contributed by atoms with Gasteiger partial charge >= 0.3 is 0 Å². The molecule has 19 heavy (non-hydrogen) atoms. The number of nitrogens with one attached hydrogen (secondary N) is 1. The Morgan fingerprint density at radius 1 is 1.42 bits per heavy atom. The van der Waals surface area contributed by atoms with Crippen molar-refractivity contribution < 1.29 is 8.42 Å². The summed E-state index contributed by atoms with van der Waals surface area (Å²) in [5.41, 5.74) is 6.93. The molecular formula is C12H18N2O2S3. The zero-order chi connectivity index (χ0) is 14.5. The Labute approximate surface area is 124 Å². The summed E-state index contributed by atoms with van der Waals surface area (Å²) in [6, 6.07) is 6.92. The van der Waals surface area contributed by atoms with Gasteiger partial charge in [-0.1, -0.05) is 43.4 Å². The van der Waals surface area contributed by atoms with E-state index in [4.69, 9.17) is 18.0 Å². The second-order valence-electron chi connectivity index (χ2n) is 4.22. The number of thiocarbonyl (C=S) groups is 1. The molecule has 0 amide bonds. The first kappa shape index (κ1) is 16.4. The van der Waals surface area contributed by atoms with Crippen molar-refractivity contribution in [3.05, 3.63) is 35.4 Å². The first-order valence-electron chi connectivity index (χ1n) is 5.73. The molecule has 3 N–H and O–H groups in total. The van der Waals surface area contributed by atoms with Crippen LogP contribution in [0.2, 0.25) is 0 Å². The van der Waals surface area contributed by atoms with E-state index in [1.807, 2.05) is 13.2 Å². The summed E-state index contributed by atoms with van der Waals surface area (Å²) in [4.78, 5) is 0.307. The highest BCUT2D eigenvalue weighted by molar-refractivity contribution is 7.99. The van der Waals surface area contributed by atoms with Crippen molar-refractivity contribution in [1.29, 1.82) is 0 Å². The number of benzene rings is 1. The molecule has 1 unspecified atom stereocenters. The summed E-state index contributed by atoms with van der Waals surface area (Å²) in [7, 11) is -3.30. The largest absolute Gasteiger partial charge is 0.389 e. The fourth-order valence-electron chi connectivity index (χ4n) is 1.36. The van der Waals surface area contributed by atoms with Crippen LogP contribution >= 0.6 is 24.0 Å². The molecule has 0 heterocycles. The van der Waals surface area contributed by atoms with E-state index in [2.05, 4.69) is 4.72 Å². The van der Waals surface area contributed by atoms with Gasteiger partial charge in [0.1, 0.15) is 4.99 Å². The molecule has 1 aromatic rings. The molecule has 7 heteroatoms. The van der Waals surface area contributed by atoms with Crippen LogP contribution in [0, 0.1) is 0 Å². The van der Waals surface area contributed by atoms with E-state index >= 15 is 0 Å². The van der Waals surface area contributed by atoms with E-state index in [0.717, 1.165) is 5.56 Å². The molecule has 106 valence electrons. The summed E-state index contributed by atoms with van der Waals surface area (Å²) in [5, 5.41) is 0.256. The van der Waals surface area contributed by atoms with Crippen molar-refractivity contribution in [1.82, 2.24) is 4.72 Å². The van der Waals surface area contributed by atoms with E-state index in [1.54, 1.807) is 36.0 Å². The molecule has 0 spiro atoms. The standard InChI is InChI=1S/C12H18N2O2S3/c1-9(18-2)7-14-19(15,16)8-10-3-5-11(6-4-10)12(13)17/h3-6,9,14H,7-8H2,1-2H3,(H2,13,17). The Bertz CT molecular complexity index is 526. The first-order valence-corrected chi connectivity index (χ1v) is 9.08. The van der Waals surface area contributed by atoms with Crippen LogP contribution in [-0.2, 0) is 15.8 Å². The van der Waals surface area contributed by atoms with Crippen LogP contribution in [-0.4, -0.2) is 31.5 Å². The molecule has 0 fully saturated rings. The Morgan fingerprint density at radius 2 is 2.00 bits per heavy atom. The summed E-state index contributed by atoms with van der Waals surface area (Å²) in [6.45, 7) is 2.42. The predicted octanol–water partition coefficient (Wildman–Crippen LogP) is 1.49. The second-order valence-corrected chi connectivity index (χ2v) is 7.74. The van der Waals surface area contributed by atoms with Crippen molar-refractivity contribution in [2.45, 2.75) is 17.9 Å². The predicted molar refractivity (Wildman–Crippen MR) is 85.9 cm³/mol. The quantitative estimate of drug-likeness (QED) is 0.745. The summed E-state index contributed by atoms with van der Waals surface area (Å²) < 4.78 is 26.3. The van der Waals surface area contributed by atoms with Gasteiger partial charge < -0.3 is 5.73 Å². The average Bonchev–Trinajstić information content (AvgIpc) is 2.36. The Kier molecular flexibility index (Phi) is 6.25. The normalized spacial score (nSPS) is 13.2. The molecule has 0 aliphatic carbocycles. The van der Waals surface area contributed by atoms with Crippen LogP contribution in [0.3, 0.4) is 0 Å². The maximum Gasteiger partial charge on any atom is 0.215 e. The molecule has 0 aromatic heterocycles. The molecule has 0 radical (unpaired) electrons. The third-order valence-corrected chi connectivity index (χ3v) is 5.12. The van der Waals surface area contributed by atoms with Crippen LogP contribution in [0.1, 0.15) is 18.1 Å². The van der Waals surface area contributed by atoms with Gasteiger partial charge in [0.25, 0.3) is 0 Å². The van der Waals surface area contributed by atoms with Crippen LogP contribution in [0.4, 0.5) is 0 Å². The number of hydrogen-bond donors (Lipinski definition) is 2. The minimum atomic E-state index is -3.30. The summed E-state index contributed by atoms with van der Waals surface area (Å²) >= 11 is 6.47. The van der Waals surface area contributed by atoms with Crippen molar-refractivity contribution in [3.8, 4) is 0 Å². The van der Waals surface area contributed by atoms with Crippen molar-refractivity contribution in [2.24, 2.45) is 5.73 Å². The van der Waals surface area contributed by atoms with Crippen LogP contribution in [0.25, 0.3) is 0 Å². The Morgan fingerprint density at radius 3 is 2.47 bits per heavy atom. The maximum absolute atomic E-state index is 11.9. The monoisotopic (exact) mass is 318 g/mol. The number of nitrogens with two attached hydrogens (primary N) is 1. The van der Waals surface area contributed by atoms with Gasteiger partial charge in [-0.3, -0.25) is 0 Å². The van der Waals surface area contributed by atoms with Gasteiger partial charge in [0.05, 0.1) is 5.75 Å². The van der Waals surface area contributed by atoms with E-state index in [-0.39, 0.29) is 11.0 Å². The molecule has 4 nitrogen and oxygen atoms in total. The van der Waals surface area contributed by atoms with Crippen LogP contribution < -0.4 is 10.5 Å². The highest BCUT2D eigenvalue weighted by atomic mass is 32.2. The van der Waals surface area contributed by atoms with E-state index < -0.39 is 10.0 Å². The number of sulfonamides is 1. The third kappa shape index (κ3) is 5.90. The lowest BCUT2D eigenvalue weighted by molar-refractivity contribution is 0.580. The molecule has 0 bridgehead atoms. The highest BCUT2D eigenvalue weighted by Gasteiger charge is 2.12. The smallest absolute Gasteiger partial charge is 0.215 e. The number of rotatable bonds is 7. The SMILES string of the molecule is CSC(C)CNS(=O)(=O)Cc1ccc(C(N)=S)cc1. The first-order chi connectivity index (χ1) is 8.84. The molecule has 0 saturated heterocycles. The maximum atomic E-state index is 11.9. The number of thioether (sulfide) groups is 1. The molecule has 1 atom stereocenters. The van der Waals surface area contributed by atoms with Crippen LogP contribution in [0.5, 0.6) is 0 Å². The molecule has 0 aliphatic heterocycles. The topological polar surface area (TPSA) is 72.2 Å². The summed E-state index contributed by atoms with van der Waals surface area (Å²) in [5.74, 6) is -0.0360. The molecule has 1 rings (SSSR count). The fraction of sp³-hybridized carbons (Fsp3) is 0.417. The minimum absolute atomic E-state index is 0.0360. The lowest BCUT2D eigenvalue weighted by atomic mass is 10.1. The molecule has 0 aliphatic rings. The van der Waals surface area contributed by atoms with Gasteiger partial charge in [-0.15, -0.1) is 0 Å². The second kappa shape index (κ2) is 7.23. The van der Waals surface area contributed by atoms with E-state index in [9.17, 15) is 8.42 Å².